The van der Waals surface area contributed by atoms with Gasteiger partial charge in [-0.3, -0.25) is 0 Å². The third-order valence-electron chi connectivity index (χ3n) is 2.84. The molecule has 0 spiro atoms. The second kappa shape index (κ2) is 5.67. The first-order valence-electron chi connectivity index (χ1n) is 5.97. The summed E-state index contributed by atoms with van der Waals surface area (Å²) < 4.78 is 6.64. The lowest BCUT2D eigenvalue weighted by molar-refractivity contribution is 0.402. The Labute approximate surface area is 116 Å². The van der Waals surface area contributed by atoms with E-state index in [-0.39, 0.29) is 6.04 Å². The zero-order chi connectivity index (χ0) is 13.1. The highest BCUT2D eigenvalue weighted by Crippen LogP contribution is 2.18. The highest BCUT2D eigenvalue weighted by Gasteiger charge is 2.10. The maximum absolute atomic E-state index is 5.50. The monoisotopic (exact) mass is 308 g/mol. The summed E-state index contributed by atoms with van der Waals surface area (Å²) in [6.45, 7) is 6.85. The number of hydrogen-bond donors (Lipinski definition) is 1. The molecule has 2 aromatic rings. The summed E-state index contributed by atoms with van der Waals surface area (Å²) in [5.74, 6) is 1.58. The molecular formula is C14H17BrN2O. The quantitative estimate of drug-likeness (QED) is 0.930. The molecule has 0 aliphatic carbocycles. The Hall–Kier alpha value is -1.13. The summed E-state index contributed by atoms with van der Waals surface area (Å²) in [5.41, 5.74) is 2.50. The molecule has 0 bridgehead atoms. The molecule has 1 atom stereocenters. The summed E-state index contributed by atoms with van der Waals surface area (Å²) in [6, 6.07) is 6.47. The number of benzene rings is 1. The lowest BCUT2D eigenvalue weighted by Crippen LogP contribution is -2.18. The van der Waals surface area contributed by atoms with Crippen LogP contribution >= 0.6 is 15.9 Å². The molecule has 4 heteroatoms. The van der Waals surface area contributed by atoms with Crippen molar-refractivity contribution in [3.63, 3.8) is 0 Å². The van der Waals surface area contributed by atoms with E-state index in [9.17, 15) is 0 Å². The smallest absolute Gasteiger partial charge is 0.211 e. The van der Waals surface area contributed by atoms with E-state index in [1.165, 1.54) is 11.1 Å². The highest BCUT2D eigenvalue weighted by molar-refractivity contribution is 9.10. The van der Waals surface area contributed by atoms with E-state index in [4.69, 9.17) is 4.42 Å². The molecule has 0 fully saturated rings. The predicted octanol–water partition coefficient (Wildman–Crippen LogP) is 3.90. The number of aryl methyl sites for hydroxylation is 2. The average molecular weight is 309 g/mol. The molecule has 0 radical (unpaired) electrons. The van der Waals surface area contributed by atoms with Gasteiger partial charge in [-0.15, -0.1) is 0 Å². The molecule has 1 aromatic carbocycles. The first kappa shape index (κ1) is 13.3. The van der Waals surface area contributed by atoms with Crippen molar-refractivity contribution in [2.45, 2.75) is 33.4 Å². The Morgan fingerprint density at radius 3 is 2.78 bits per heavy atom. The lowest BCUT2D eigenvalue weighted by Gasteiger charge is -2.11. The Bertz CT molecular complexity index is 536. The van der Waals surface area contributed by atoms with Crippen molar-refractivity contribution in [1.82, 2.24) is 10.3 Å². The zero-order valence-corrected chi connectivity index (χ0v) is 12.4. The van der Waals surface area contributed by atoms with E-state index in [1.807, 2.05) is 6.92 Å². The van der Waals surface area contributed by atoms with Crippen LogP contribution in [0, 0.1) is 13.8 Å². The van der Waals surface area contributed by atoms with Crippen molar-refractivity contribution >= 4 is 15.9 Å². The van der Waals surface area contributed by atoms with Crippen molar-refractivity contribution < 1.29 is 4.42 Å². The number of aromatic nitrogens is 1. The summed E-state index contributed by atoms with van der Waals surface area (Å²) in [6.07, 6.45) is 1.75. The predicted molar refractivity (Wildman–Crippen MR) is 75.4 cm³/mol. The van der Waals surface area contributed by atoms with Crippen LogP contribution in [0.25, 0.3) is 0 Å². The fourth-order valence-corrected chi connectivity index (χ4v) is 1.99. The molecule has 1 unspecified atom stereocenters. The van der Waals surface area contributed by atoms with Gasteiger partial charge in [0.2, 0.25) is 5.89 Å². The third kappa shape index (κ3) is 3.21. The number of nitrogens with zero attached hydrogens (tertiary/aromatic N) is 1. The minimum atomic E-state index is 0.114. The van der Waals surface area contributed by atoms with Crippen molar-refractivity contribution in [3.05, 3.63) is 51.6 Å². The SMILES string of the molecule is Cc1cnc(C(C)NCc2ccc(Br)c(C)c2)o1. The molecule has 3 nitrogen and oxygen atoms in total. The maximum Gasteiger partial charge on any atom is 0.211 e. The van der Waals surface area contributed by atoms with Crippen LogP contribution in [0.15, 0.2) is 33.3 Å². The first-order chi connectivity index (χ1) is 8.56. The van der Waals surface area contributed by atoms with E-state index < -0.39 is 0 Å². The first-order valence-corrected chi connectivity index (χ1v) is 6.76. The molecule has 1 aromatic heterocycles. The Kier molecular flexibility index (Phi) is 4.19. The van der Waals surface area contributed by atoms with Crippen LogP contribution in [0.4, 0.5) is 0 Å². The third-order valence-corrected chi connectivity index (χ3v) is 3.73. The molecule has 0 saturated heterocycles. The Balaban J connectivity index is 1.97. The fourth-order valence-electron chi connectivity index (χ4n) is 1.75. The van der Waals surface area contributed by atoms with Crippen LogP contribution in [-0.2, 0) is 6.54 Å². The fraction of sp³-hybridized carbons (Fsp3) is 0.357. The summed E-state index contributed by atoms with van der Waals surface area (Å²) in [4.78, 5) is 4.22. The van der Waals surface area contributed by atoms with Gasteiger partial charge in [-0.05, 0) is 38.0 Å². The van der Waals surface area contributed by atoms with E-state index >= 15 is 0 Å². The van der Waals surface area contributed by atoms with Gasteiger partial charge < -0.3 is 9.73 Å². The van der Waals surface area contributed by atoms with Crippen molar-refractivity contribution in [1.29, 1.82) is 0 Å². The number of oxazole rings is 1. The molecule has 18 heavy (non-hydrogen) atoms. The standard InChI is InChI=1S/C14H17BrN2O/c1-9-6-12(4-5-13(9)15)8-16-11(3)14-17-7-10(2)18-14/h4-7,11,16H,8H2,1-3H3. The van der Waals surface area contributed by atoms with Gasteiger partial charge in [0.15, 0.2) is 0 Å². The van der Waals surface area contributed by atoms with Crippen LogP contribution in [0.2, 0.25) is 0 Å². The summed E-state index contributed by atoms with van der Waals surface area (Å²) in [7, 11) is 0. The highest BCUT2D eigenvalue weighted by atomic mass is 79.9. The van der Waals surface area contributed by atoms with E-state index in [0.29, 0.717) is 0 Å². The zero-order valence-electron chi connectivity index (χ0n) is 10.8. The molecule has 0 amide bonds. The molecular weight excluding hydrogens is 292 g/mol. The van der Waals surface area contributed by atoms with Gasteiger partial charge in [0.1, 0.15) is 5.76 Å². The summed E-state index contributed by atoms with van der Waals surface area (Å²) in [5, 5.41) is 3.40. The van der Waals surface area contributed by atoms with Gasteiger partial charge in [0, 0.05) is 11.0 Å². The van der Waals surface area contributed by atoms with Gasteiger partial charge in [0.25, 0.3) is 0 Å². The molecule has 2 rings (SSSR count). The second-order valence-electron chi connectivity index (χ2n) is 4.50. The van der Waals surface area contributed by atoms with E-state index in [2.05, 4.69) is 58.3 Å². The van der Waals surface area contributed by atoms with E-state index in [1.54, 1.807) is 6.20 Å². The van der Waals surface area contributed by atoms with Gasteiger partial charge in [-0.1, -0.05) is 28.1 Å². The van der Waals surface area contributed by atoms with Crippen LogP contribution < -0.4 is 5.32 Å². The minimum absolute atomic E-state index is 0.114. The maximum atomic E-state index is 5.50. The number of hydrogen-bond acceptors (Lipinski definition) is 3. The number of halogens is 1. The van der Waals surface area contributed by atoms with Crippen LogP contribution in [0.1, 0.15) is 35.7 Å². The molecule has 0 aliphatic heterocycles. The van der Waals surface area contributed by atoms with Gasteiger partial charge in [-0.2, -0.15) is 0 Å². The molecule has 96 valence electrons. The molecule has 1 heterocycles. The number of rotatable bonds is 4. The second-order valence-corrected chi connectivity index (χ2v) is 5.35. The van der Waals surface area contributed by atoms with Crippen LogP contribution in [0.3, 0.4) is 0 Å². The largest absolute Gasteiger partial charge is 0.444 e. The van der Waals surface area contributed by atoms with Gasteiger partial charge in [0.05, 0.1) is 12.2 Å². The molecule has 0 aliphatic rings. The van der Waals surface area contributed by atoms with Crippen LogP contribution in [-0.4, -0.2) is 4.98 Å². The molecule has 0 saturated carbocycles. The summed E-state index contributed by atoms with van der Waals surface area (Å²) >= 11 is 3.50. The van der Waals surface area contributed by atoms with Crippen molar-refractivity contribution in [2.24, 2.45) is 0 Å². The minimum Gasteiger partial charge on any atom is -0.444 e. The van der Waals surface area contributed by atoms with Gasteiger partial charge in [-0.25, -0.2) is 4.98 Å². The Morgan fingerprint density at radius 1 is 1.39 bits per heavy atom. The normalized spacial score (nSPS) is 12.7. The van der Waals surface area contributed by atoms with E-state index in [0.717, 1.165) is 22.7 Å². The topological polar surface area (TPSA) is 38.1 Å². The van der Waals surface area contributed by atoms with Crippen LogP contribution in [0.5, 0.6) is 0 Å². The van der Waals surface area contributed by atoms with Gasteiger partial charge >= 0.3 is 0 Å². The number of nitrogens with one attached hydrogen (secondary N) is 1. The molecule has 1 N–H and O–H groups in total. The lowest BCUT2D eigenvalue weighted by atomic mass is 10.1. The van der Waals surface area contributed by atoms with Crippen molar-refractivity contribution in [3.8, 4) is 0 Å². The average Bonchev–Trinajstić information content (AvgIpc) is 2.77. The van der Waals surface area contributed by atoms with Crippen molar-refractivity contribution in [2.75, 3.05) is 0 Å². The Morgan fingerprint density at radius 2 is 2.17 bits per heavy atom.